The van der Waals surface area contributed by atoms with Crippen LogP contribution in [0.2, 0.25) is 0 Å². The molecular weight excluding hydrogens is 190 g/mol. The normalized spacial score (nSPS) is 14.4. The minimum absolute atomic E-state index is 0.586. The molecule has 0 fully saturated rings. The Morgan fingerprint density at radius 3 is 3.20 bits per heavy atom. The Morgan fingerprint density at radius 1 is 1.33 bits per heavy atom. The maximum Gasteiger partial charge on any atom is 0.244 e. The summed E-state index contributed by atoms with van der Waals surface area (Å²) in [6, 6.07) is 3.98. The molecule has 0 aromatic carbocycles. The zero-order chi connectivity index (χ0) is 10.1. The molecule has 0 unspecified atom stereocenters. The molecule has 76 valence electrons. The summed E-state index contributed by atoms with van der Waals surface area (Å²) in [6.07, 6.45) is 5.36. The van der Waals surface area contributed by atoms with E-state index in [1.165, 1.54) is 0 Å². The van der Waals surface area contributed by atoms with Crippen LogP contribution in [0.15, 0.2) is 29.0 Å². The fourth-order valence-corrected chi connectivity index (χ4v) is 1.80. The summed E-state index contributed by atoms with van der Waals surface area (Å²) in [5, 5.41) is 3.32. The first-order chi connectivity index (χ1) is 7.43. The summed E-state index contributed by atoms with van der Waals surface area (Å²) in [4.78, 5) is 8.62. The largest absolute Gasteiger partial charge is 0.443 e. The van der Waals surface area contributed by atoms with E-state index in [0.717, 1.165) is 36.5 Å². The van der Waals surface area contributed by atoms with Crippen molar-refractivity contribution in [1.82, 2.24) is 9.97 Å². The molecule has 0 aliphatic carbocycles. The molecule has 2 aromatic rings. The highest BCUT2D eigenvalue weighted by Crippen LogP contribution is 2.23. The number of hydrogen-bond donors (Lipinski definition) is 1. The van der Waals surface area contributed by atoms with E-state index in [0.29, 0.717) is 5.89 Å². The number of nitrogens with one attached hydrogen (secondary N) is 1. The van der Waals surface area contributed by atoms with Crippen molar-refractivity contribution >= 4 is 5.69 Å². The average molecular weight is 201 g/mol. The second-order valence-electron chi connectivity index (χ2n) is 3.56. The van der Waals surface area contributed by atoms with E-state index in [1.54, 1.807) is 12.5 Å². The van der Waals surface area contributed by atoms with E-state index < -0.39 is 0 Å². The molecule has 15 heavy (non-hydrogen) atoms. The first-order valence-corrected chi connectivity index (χ1v) is 5.07. The van der Waals surface area contributed by atoms with Gasteiger partial charge >= 0.3 is 0 Å². The Labute approximate surface area is 87.4 Å². The third-order valence-corrected chi connectivity index (χ3v) is 2.53. The van der Waals surface area contributed by atoms with Crippen molar-refractivity contribution in [3.63, 3.8) is 0 Å². The second-order valence-corrected chi connectivity index (χ2v) is 3.56. The first kappa shape index (κ1) is 8.47. The van der Waals surface area contributed by atoms with E-state index >= 15 is 0 Å². The average Bonchev–Trinajstić information content (AvgIpc) is 2.82. The van der Waals surface area contributed by atoms with Gasteiger partial charge in [0.2, 0.25) is 5.89 Å². The van der Waals surface area contributed by atoms with Gasteiger partial charge in [0.05, 0.1) is 17.6 Å². The van der Waals surface area contributed by atoms with Crippen molar-refractivity contribution in [2.75, 3.05) is 11.9 Å². The van der Waals surface area contributed by atoms with Crippen molar-refractivity contribution in [2.24, 2.45) is 0 Å². The summed E-state index contributed by atoms with van der Waals surface area (Å²) in [5.41, 5.74) is 3.05. The minimum Gasteiger partial charge on any atom is -0.443 e. The predicted octanol–water partition coefficient (Wildman–Crippen LogP) is 2.09. The van der Waals surface area contributed by atoms with E-state index in [2.05, 4.69) is 15.3 Å². The predicted molar refractivity (Wildman–Crippen MR) is 56.5 cm³/mol. The van der Waals surface area contributed by atoms with Gasteiger partial charge in [-0.2, -0.15) is 0 Å². The summed E-state index contributed by atoms with van der Waals surface area (Å²) in [6.45, 7) is 1.03. The van der Waals surface area contributed by atoms with Crippen molar-refractivity contribution in [1.29, 1.82) is 0 Å². The number of aryl methyl sites for hydroxylation is 1. The van der Waals surface area contributed by atoms with Crippen LogP contribution in [0.25, 0.3) is 11.6 Å². The molecule has 0 bridgehead atoms. The van der Waals surface area contributed by atoms with Gasteiger partial charge in [-0.3, -0.25) is 0 Å². The second kappa shape index (κ2) is 3.38. The van der Waals surface area contributed by atoms with Crippen LogP contribution in [0.3, 0.4) is 0 Å². The number of pyridine rings is 1. The lowest BCUT2D eigenvalue weighted by Crippen LogP contribution is -2.13. The third-order valence-electron chi connectivity index (χ3n) is 2.53. The maximum atomic E-state index is 5.22. The quantitative estimate of drug-likeness (QED) is 0.767. The van der Waals surface area contributed by atoms with Crippen molar-refractivity contribution < 1.29 is 4.42 Å². The van der Waals surface area contributed by atoms with E-state index in [4.69, 9.17) is 4.42 Å². The molecule has 0 amide bonds. The summed E-state index contributed by atoms with van der Waals surface area (Å²) >= 11 is 0. The van der Waals surface area contributed by atoms with E-state index in [1.807, 2.05) is 12.1 Å². The van der Waals surface area contributed by atoms with Gasteiger partial charge in [-0.1, -0.05) is 0 Å². The molecule has 1 aliphatic rings. The molecule has 4 heteroatoms. The Hall–Kier alpha value is -1.84. The van der Waals surface area contributed by atoms with Crippen molar-refractivity contribution in [2.45, 2.75) is 12.8 Å². The zero-order valence-electron chi connectivity index (χ0n) is 8.23. The van der Waals surface area contributed by atoms with Gasteiger partial charge in [0, 0.05) is 6.54 Å². The van der Waals surface area contributed by atoms with Gasteiger partial charge in [0.25, 0.3) is 0 Å². The number of nitrogens with zero attached hydrogens (tertiary/aromatic N) is 2. The van der Waals surface area contributed by atoms with Crippen molar-refractivity contribution in [3.8, 4) is 11.6 Å². The van der Waals surface area contributed by atoms with Crippen LogP contribution in [-0.2, 0) is 6.42 Å². The molecule has 0 radical (unpaired) electrons. The lowest BCUT2D eigenvalue weighted by atomic mass is 10.1. The van der Waals surface area contributed by atoms with Crippen molar-refractivity contribution in [3.05, 3.63) is 30.3 Å². The summed E-state index contributed by atoms with van der Waals surface area (Å²) in [5.74, 6) is 0.586. The molecule has 1 N–H and O–H groups in total. The molecule has 0 saturated carbocycles. The maximum absolute atomic E-state index is 5.22. The Kier molecular flexibility index (Phi) is 1.91. The molecular formula is C11H11N3O. The lowest BCUT2D eigenvalue weighted by molar-refractivity contribution is 0.571. The van der Waals surface area contributed by atoms with Crippen LogP contribution in [0.1, 0.15) is 12.1 Å². The standard InChI is InChI=1S/C11H11N3O/c1-2-9-8(12-5-1)3-4-10(14-9)11-13-6-7-15-11/h3-4,6-7,12H,1-2,5H2. The topological polar surface area (TPSA) is 51.0 Å². The third kappa shape index (κ3) is 1.48. The number of anilines is 1. The molecule has 0 atom stereocenters. The highest BCUT2D eigenvalue weighted by atomic mass is 16.3. The Bertz CT molecular complexity index is 465. The van der Waals surface area contributed by atoms with Gasteiger partial charge in [0.1, 0.15) is 12.0 Å². The smallest absolute Gasteiger partial charge is 0.244 e. The van der Waals surface area contributed by atoms with Gasteiger partial charge < -0.3 is 9.73 Å². The number of aromatic nitrogens is 2. The fourth-order valence-electron chi connectivity index (χ4n) is 1.80. The van der Waals surface area contributed by atoms with E-state index in [-0.39, 0.29) is 0 Å². The van der Waals surface area contributed by atoms with Crippen LogP contribution >= 0.6 is 0 Å². The number of fused-ring (bicyclic) bond motifs is 1. The molecule has 0 spiro atoms. The van der Waals surface area contributed by atoms with Gasteiger partial charge in [-0.15, -0.1) is 0 Å². The first-order valence-electron chi connectivity index (χ1n) is 5.07. The number of hydrogen-bond acceptors (Lipinski definition) is 4. The van der Waals surface area contributed by atoms with E-state index in [9.17, 15) is 0 Å². The van der Waals surface area contributed by atoms with Gasteiger partial charge in [0.15, 0.2) is 0 Å². The minimum atomic E-state index is 0.586. The molecule has 3 heterocycles. The molecule has 3 rings (SSSR count). The molecule has 4 nitrogen and oxygen atoms in total. The highest BCUT2D eigenvalue weighted by Gasteiger charge is 2.12. The number of oxazole rings is 1. The van der Waals surface area contributed by atoms with Crippen LogP contribution in [-0.4, -0.2) is 16.5 Å². The monoisotopic (exact) mass is 201 g/mol. The number of rotatable bonds is 1. The molecule has 2 aromatic heterocycles. The lowest BCUT2D eigenvalue weighted by Gasteiger charge is -2.16. The molecule has 1 aliphatic heterocycles. The SMILES string of the molecule is c1coc(-c2ccc3c(n2)CCCN3)n1. The zero-order valence-corrected chi connectivity index (χ0v) is 8.23. The summed E-state index contributed by atoms with van der Waals surface area (Å²) in [7, 11) is 0. The van der Waals surface area contributed by atoms with Crippen LogP contribution in [0.4, 0.5) is 5.69 Å². The van der Waals surface area contributed by atoms with Gasteiger partial charge in [-0.25, -0.2) is 9.97 Å². The Morgan fingerprint density at radius 2 is 2.33 bits per heavy atom. The highest BCUT2D eigenvalue weighted by molar-refractivity contribution is 5.57. The fraction of sp³-hybridized carbons (Fsp3) is 0.273. The van der Waals surface area contributed by atoms with Gasteiger partial charge in [-0.05, 0) is 25.0 Å². The van der Waals surface area contributed by atoms with Crippen LogP contribution in [0, 0.1) is 0 Å². The van der Waals surface area contributed by atoms with Crippen LogP contribution < -0.4 is 5.32 Å². The van der Waals surface area contributed by atoms with Crippen LogP contribution in [0.5, 0.6) is 0 Å². The summed E-state index contributed by atoms with van der Waals surface area (Å²) < 4.78 is 5.22. The molecule has 0 saturated heterocycles. The Balaban J connectivity index is 2.04.